The zero-order valence-corrected chi connectivity index (χ0v) is 10.3. The van der Waals surface area contributed by atoms with Gasteiger partial charge in [0.1, 0.15) is 11.6 Å². The number of hydrogen-bond acceptors (Lipinski definition) is 3. The summed E-state index contributed by atoms with van der Waals surface area (Å²) >= 11 is 0. The van der Waals surface area contributed by atoms with E-state index in [2.05, 4.69) is 5.32 Å². The van der Waals surface area contributed by atoms with E-state index in [9.17, 15) is 14.3 Å². The Hall–Kier alpha value is -2.56. The van der Waals surface area contributed by atoms with Gasteiger partial charge in [0.05, 0.1) is 16.9 Å². The molecule has 0 saturated carbocycles. The van der Waals surface area contributed by atoms with Crippen LogP contribution in [0.3, 0.4) is 0 Å². The lowest BCUT2D eigenvalue weighted by Gasteiger charge is -2.10. The second-order valence-corrected chi connectivity index (χ2v) is 4.16. The van der Waals surface area contributed by atoms with Crippen molar-refractivity contribution in [1.29, 1.82) is 0 Å². The number of halogens is 1. The van der Waals surface area contributed by atoms with Crippen molar-refractivity contribution in [3.05, 3.63) is 53.3 Å². The molecular formula is C14H13FN2O2. The molecule has 0 aliphatic carbocycles. The number of aromatic hydroxyl groups is 1. The molecule has 0 aliphatic rings. The molecule has 4 nitrogen and oxygen atoms in total. The maximum absolute atomic E-state index is 13.1. The van der Waals surface area contributed by atoms with E-state index in [1.807, 2.05) is 0 Å². The second-order valence-electron chi connectivity index (χ2n) is 4.16. The molecule has 5 heteroatoms. The Morgan fingerprint density at radius 1 is 1.32 bits per heavy atom. The molecule has 19 heavy (non-hydrogen) atoms. The average molecular weight is 260 g/mol. The van der Waals surface area contributed by atoms with Gasteiger partial charge in [-0.3, -0.25) is 4.79 Å². The molecule has 0 fully saturated rings. The van der Waals surface area contributed by atoms with E-state index < -0.39 is 11.7 Å². The number of nitrogen functional groups attached to an aromatic ring is 1. The predicted octanol–water partition coefficient (Wildman–Crippen LogP) is 2.67. The van der Waals surface area contributed by atoms with Crippen molar-refractivity contribution in [2.75, 3.05) is 11.1 Å². The molecule has 2 aromatic carbocycles. The number of nitrogens with one attached hydrogen (secondary N) is 1. The summed E-state index contributed by atoms with van der Waals surface area (Å²) in [6.45, 7) is 1.68. The number of rotatable bonds is 2. The van der Waals surface area contributed by atoms with Gasteiger partial charge in [-0.05, 0) is 36.8 Å². The minimum absolute atomic E-state index is 0.102. The van der Waals surface area contributed by atoms with Crippen LogP contribution in [-0.2, 0) is 0 Å². The number of hydrogen-bond donors (Lipinski definition) is 3. The van der Waals surface area contributed by atoms with Gasteiger partial charge in [0.25, 0.3) is 5.91 Å². The molecular weight excluding hydrogens is 247 g/mol. The van der Waals surface area contributed by atoms with Crippen molar-refractivity contribution in [1.82, 2.24) is 0 Å². The third-order valence-corrected chi connectivity index (χ3v) is 2.75. The molecule has 0 radical (unpaired) electrons. The van der Waals surface area contributed by atoms with Gasteiger partial charge in [-0.2, -0.15) is 0 Å². The zero-order valence-electron chi connectivity index (χ0n) is 10.3. The SMILES string of the molecule is Cc1cccc(C(=O)Nc2cc(F)ccc2N)c1O. The van der Waals surface area contributed by atoms with E-state index in [0.29, 0.717) is 5.56 Å². The van der Waals surface area contributed by atoms with Gasteiger partial charge in [0.15, 0.2) is 0 Å². The van der Waals surface area contributed by atoms with E-state index in [1.165, 1.54) is 18.2 Å². The Balaban J connectivity index is 2.31. The van der Waals surface area contributed by atoms with Crippen molar-refractivity contribution < 1.29 is 14.3 Å². The Kier molecular flexibility index (Phi) is 3.37. The summed E-state index contributed by atoms with van der Waals surface area (Å²) in [5.74, 6) is -1.15. The van der Waals surface area contributed by atoms with Crippen molar-refractivity contribution >= 4 is 17.3 Å². The highest BCUT2D eigenvalue weighted by Gasteiger charge is 2.14. The fourth-order valence-corrected chi connectivity index (χ4v) is 1.67. The van der Waals surface area contributed by atoms with Gasteiger partial charge < -0.3 is 16.2 Å². The first-order chi connectivity index (χ1) is 8.99. The van der Waals surface area contributed by atoms with Crippen LogP contribution in [0.1, 0.15) is 15.9 Å². The number of para-hydroxylation sites is 1. The Morgan fingerprint density at radius 2 is 2.05 bits per heavy atom. The molecule has 4 N–H and O–H groups in total. The maximum atomic E-state index is 13.1. The summed E-state index contributed by atoms with van der Waals surface area (Å²) in [4.78, 5) is 12.0. The largest absolute Gasteiger partial charge is 0.507 e. The van der Waals surface area contributed by atoms with Gasteiger partial charge in [-0.15, -0.1) is 0 Å². The van der Waals surface area contributed by atoms with Crippen LogP contribution >= 0.6 is 0 Å². The minimum atomic E-state index is -0.543. The van der Waals surface area contributed by atoms with Gasteiger partial charge in [0, 0.05) is 0 Å². The number of anilines is 2. The fourth-order valence-electron chi connectivity index (χ4n) is 1.67. The number of carbonyl (C=O) groups excluding carboxylic acids is 1. The van der Waals surface area contributed by atoms with Crippen LogP contribution in [0, 0.1) is 12.7 Å². The van der Waals surface area contributed by atoms with E-state index >= 15 is 0 Å². The Labute approximate surface area is 109 Å². The first-order valence-corrected chi connectivity index (χ1v) is 5.64. The Bertz CT molecular complexity index is 641. The highest BCUT2D eigenvalue weighted by Crippen LogP contribution is 2.24. The molecule has 0 saturated heterocycles. The summed E-state index contributed by atoms with van der Waals surface area (Å²) in [6.07, 6.45) is 0. The highest BCUT2D eigenvalue weighted by molar-refractivity contribution is 6.07. The van der Waals surface area contributed by atoms with Crippen molar-refractivity contribution in [2.24, 2.45) is 0 Å². The van der Waals surface area contributed by atoms with Gasteiger partial charge in [0.2, 0.25) is 0 Å². The number of phenolic OH excluding ortho intramolecular Hbond substituents is 1. The molecule has 98 valence electrons. The summed E-state index contributed by atoms with van der Waals surface area (Å²) in [7, 11) is 0. The number of benzene rings is 2. The number of carbonyl (C=O) groups is 1. The monoisotopic (exact) mass is 260 g/mol. The summed E-state index contributed by atoms with van der Waals surface area (Å²) in [5, 5.41) is 12.3. The molecule has 0 heterocycles. The molecule has 0 spiro atoms. The lowest BCUT2D eigenvalue weighted by atomic mass is 10.1. The first-order valence-electron chi connectivity index (χ1n) is 5.64. The second kappa shape index (κ2) is 4.97. The topological polar surface area (TPSA) is 75.4 Å². The third kappa shape index (κ3) is 2.65. The minimum Gasteiger partial charge on any atom is -0.507 e. The molecule has 0 unspecified atom stereocenters. The van der Waals surface area contributed by atoms with Crippen LogP contribution in [0.2, 0.25) is 0 Å². The fraction of sp³-hybridized carbons (Fsp3) is 0.0714. The molecule has 2 rings (SSSR count). The van der Waals surface area contributed by atoms with Crippen molar-refractivity contribution in [3.63, 3.8) is 0 Å². The summed E-state index contributed by atoms with van der Waals surface area (Å²) < 4.78 is 13.1. The van der Waals surface area contributed by atoms with Gasteiger partial charge >= 0.3 is 0 Å². The van der Waals surface area contributed by atoms with E-state index in [0.717, 1.165) is 6.07 Å². The van der Waals surface area contributed by atoms with Crippen LogP contribution in [0.4, 0.5) is 15.8 Å². The van der Waals surface area contributed by atoms with Crippen LogP contribution in [0.25, 0.3) is 0 Å². The van der Waals surface area contributed by atoms with Crippen LogP contribution in [-0.4, -0.2) is 11.0 Å². The standard InChI is InChI=1S/C14H13FN2O2/c1-8-3-2-4-10(13(8)18)14(19)17-12-7-9(15)5-6-11(12)16/h2-7,18H,16H2,1H3,(H,17,19). The predicted molar refractivity (Wildman–Crippen MR) is 71.6 cm³/mol. The normalized spacial score (nSPS) is 10.2. The van der Waals surface area contributed by atoms with Crippen molar-refractivity contribution in [3.8, 4) is 5.75 Å². The average Bonchev–Trinajstić information content (AvgIpc) is 2.37. The molecule has 2 aromatic rings. The van der Waals surface area contributed by atoms with E-state index in [1.54, 1.807) is 19.1 Å². The van der Waals surface area contributed by atoms with Crippen LogP contribution < -0.4 is 11.1 Å². The van der Waals surface area contributed by atoms with E-state index in [-0.39, 0.29) is 22.7 Å². The van der Waals surface area contributed by atoms with Crippen molar-refractivity contribution in [2.45, 2.75) is 6.92 Å². The third-order valence-electron chi connectivity index (χ3n) is 2.75. The molecule has 0 atom stereocenters. The lowest BCUT2D eigenvalue weighted by molar-refractivity contribution is 0.102. The summed E-state index contributed by atoms with van der Waals surface area (Å²) in [6, 6.07) is 8.50. The maximum Gasteiger partial charge on any atom is 0.259 e. The zero-order chi connectivity index (χ0) is 14.0. The van der Waals surface area contributed by atoms with Crippen LogP contribution in [0.15, 0.2) is 36.4 Å². The highest BCUT2D eigenvalue weighted by atomic mass is 19.1. The van der Waals surface area contributed by atoms with Crippen LogP contribution in [0.5, 0.6) is 5.75 Å². The number of nitrogens with two attached hydrogens (primary N) is 1. The molecule has 1 amide bonds. The quantitative estimate of drug-likeness (QED) is 0.727. The first kappa shape index (κ1) is 12.9. The Morgan fingerprint density at radius 3 is 2.79 bits per heavy atom. The number of phenols is 1. The van der Waals surface area contributed by atoms with E-state index in [4.69, 9.17) is 5.73 Å². The lowest BCUT2D eigenvalue weighted by Crippen LogP contribution is -2.13. The molecule has 0 aliphatic heterocycles. The molecule has 0 aromatic heterocycles. The van der Waals surface area contributed by atoms with Gasteiger partial charge in [-0.1, -0.05) is 12.1 Å². The number of amides is 1. The summed E-state index contributed by atoms with van der Waals surface area (Å²) in [5.41, 5.74) is 6.76. The van der Waals surface area contributed by atoms with Gasteiger partial charge in [-0.25, -0.2) is 4.39 Å². The molecule has 0 bridgehead atoms. The smallest absolute Gasteiger partial charge is 0.259 e. The number of aryl methyl sites for hydroxylation is 1.